The normalized spacial score (nSPS) is 10.7. The molecule has 138 valence electrons. The van der Waals surface area contributed by atoms with Gasteiger partial charge in [0.2, 0.25) is 0 Å². The molecule has 5 nitrogen and oxygen atoms in total. The first-order chi connectivity index (χ1) is 12.9. The van der Waals surface area contributed by atoms with Crippen molar-refractivity contribution in [2.75, 3.05) is 6.61 Å². The minimum atomic E-state index is -1.18. The zero-order chi connectivity index (χ0) is 19.6. The Morgan fingerprint density at radius 3 is 2.41 bits per heavy atom. The van der Waals surface area contributed by atoms with Gasteiger partial charge in [0.1, 0.15) is 10.6 Å². The van der Waals surface area contributed by atoms with Crippen LogP contribution in [0.25, 0.3) is 10.9 Å². The Morgan fingerprint density at radius 1 is 1.07 bits per heavy atom. The van der Waals surface area contributed by atoms with Crippen molar-refractivity contribution < 1.29 is 27.8 Å². The van der Waals surface area contributed by atoms with Gasteiger partial charge in [0.25, 0.3) is 0 Å². The molecule has 3 rings (SSSR count). The summed E-state index contributed by atoms with van der Waals surface area (Å²) in [6, 6.07) is 9.64. The van der Waals surface area contributed by atoms with Crippen molar-refractivity contribution in [3.05, 3.63) is 65.2 Å². The van der Waals surface area contributed by atoms with Gasteiger partial charge in [-0.3, -0.25) is 0 Å². The summed E-state index contributed by atoms with van der Waals surface area (Å²) in [5.41, 5.74) is -0.0636. The van der Waals surface area contributed by atoms with Gasteiger partial charge >= 0.3 is 11.9 Å². The number of esters is 2. The molecule has 0 atom stereocenters. The highest BCUT2D eigenvalue weighted by molar-refractivity contribution is 7.80. The minimum absolute atomic E-state index is 0.0252. The van der Waals surface area contributed by atoms with Gasteiger partial charge in [0.05, 0.1) is 17.7 Å². The molecule has 0 saturated heterocycles. The van der Waals surface area contributed by atoms with Crippen LogP contribution in [0.2, 0.25) is 0 Å². The summed E-state index contributed by atoms with van der Waals surface area (Å²) >= 11 is 4.13. The third-order valence-electron chi connectivity index (χ3n) is 3.64. The van der Waals surface area contributed by atoms with E-state index in [1.807, 2.05) is 0 Å². The fraction of sp³-hybridized carbons (Fsp3) is 0.105. The first kappa shape index (κ1) is 18.8. The summed E-state index contributed by atoms with van der Waals surface area (Å²) in [5, 5.41) is -0.193. The van der Waals surface area contributed by atoms with Gasteiger partial charge < -0.3 is 9.47 Å². The number of halogens is 2. The smallest absolute Gasteiger partial charge is 0.344 e. The molecular formula is C19H13F2NO4S. The van der Waals surface area contributed by atoms with Gasteiger partial charge in [0, 0.05) is 11.5 Å². The van der Waals surface area contributed by atoms with Gasteiger partial charge in [-0.2, -0.15) is 0 Å². The molecule has 0 aliphatic rings. The number of fused-ring (bicyclic) bond motifs is 1. The SMILES string of the molecule is CCOC(=O)c1c(S)nc2cc(F)c(F)cc2c1OC(=O)c1ccccc1. The van der Waals surface area contributed by atoms with E-state index >= 15 is 0 Å². The van der Waals surface area contributed by atoms with Crippen molar-refractivity contribution in [3.8, 4) is 5.75 Å². The van der Waals surface area contributed by atoms with Crippen LogP contribution in [0.3, 0.4) is 0 Å². The molecule has 0 radical (unpaired) electrons. The number of carbonyl (C=O) groups excluding carboxylic acids is 2. The number of hydrogen-bond acceptors (Lipinski definition) is 6. The Bertz CT molecular complexity index is 1040. The zero-order valence-corrected chi connectivity index (χ0v) is 14.9. The first-order valence-electron chi connectivity index (χ1n) is 7.88. The van der Waals surface area contributed by atoms with Gasteiger partial charge in [-0.1, -0.05) is 18.2 Å². The molecule has 0 fully saturated rings. The van der Waals surface area contributed by atoms with Crippen LogP contribution in [0.4, 0.5) is 8.78 Å². The predicted molar refractivity (Wildman–Crippen MR) is 96.3 cm³/mol. The summed E-state index contributed by atoms with van der Waals surface area (Å²) in [6.07, 6.45) is 0. The molecule has 27 heavy (non-hydrogen) atoms. The molecule has 0 spiro atoms. The minimum Gasteiger partial charge on any atom is -0.462 e. The number of aromatic nitrogens is 1. The molecule has 1 aromatic heterocycles. The van der Waals surface area contributed by atoms with Gasteiger partial charge in [-0.25, -0.2) is 23.4 Å². The largest absolute Gasteiger partial charge is 0.462 e. The van der Waals surface area contributed by atoms with Gasteiger partial charge in [-0.05, 0) is 25.1 Å². The summed E-state index contributed by atoms with van der Waals surface area (Å²) in [6.45, 7) is 1.64. The first-order valence-corrected chi connectivity index (χ1v) is 8.33. The number of nitrogens with zero attached hydrogens (tertiary/aromatic N) is 1. The lowest BCUT2D eigenvalue weighted by Gasteiger charge is -2.14. The standard InChI is InChI=1S/C19H13F2NO4S/c1-2-25-19(24)15-16(26-18(23)10-6-4-3-5-7-10)11-8-12(20)13(21)9-14(11)22-17(15)27/h3-9H,2H2,1H3,(H,22,27). The van der Waals surface area contributed by atoms with Crippen LogP contribution in [0.15, 0.2) is 47.5 Å². The monoisotopic (exact) mass is 389 g/mol. The number of hydrogen-bond donors (Lipinski definition) is 1. The highest BCUT2D eigenvalue weighted by atomic mass is 32.1. The third-order valence-corrected chi connectivity index (χ3v) is 3.97. The summed E-state index contributed by atoms with van der Waals surface area (Å²) in [4.78, 5) is 28.8. The van der Waals surface area contributed by atoms with E-state index in [-0.39, 0.29) is 39.4 Å². The molecule has 0 bridgehead atoms. The number of pyridine rings is 1. The molecule has 3 aromatic rings. The zero-order valence-electron chi connectivity index (χ0n) is 14.0. The van der Waals surface area contributed by atoms with Crippen LogP contribution in [-0.2, 0) is 4.74 Å². The molecule has 0 aliphatic heterocycles. The van der Waals surface area contributed by atoms with Crippen molar-refractivity contribution in [2.45, 2.75) is 11.9 Å². The molecule has 0 amide bonds. The van der Waals surface area contributed by atoms with Crippen LogP contribution in [-0.4, -0.2) is 23.5 Å². The topological polar surface area (TPSA) is 65.5 Å². The molecule has 0 saturated carbocycles. The molecule has 0 unspecified atom stereocenters. The van der Waals surface area contributed by atoms with Crippen LogP contribution in [0, 0.1) is 11.6 Å². The van der Waals surface area contributed by atoms with Crippen LogP contribution in [0.1, 0.15) is 27.6 Å². The number of carbonyl (C=O) groups is 2. The van der Waals surface area contributed by atoms with Gasteiger partial charge in [-0.15, -0.1) is 12.6 Å². The maximum atomic E-state index is 13.8. The Balaban J connectivity index is 2.22. The van der Waals surface area contributed by atoms with Crippen molar-refractivity contribution in [2.24, 2.45) is 0 Å². The van der Waals surface area contributed by atoms with Crippen molar-refractivity contribution in [3.63, 3.8) is 0 Å². The van der Waals surface area contributed by atoms with E-state index in [1.54, 1.807) is 25.1 Å². The second kappa shape index (κ2) is 7.71. The van der Waals surface area contributed by atoms with Crippen molar-refractivity contribution in [1.29, 1.82) is 0 Å². The predicted octanol–water partition coefficient (Wildman–Crippen LogP) is 4.20. The summed E-state index contributed by atoms with van der Waals surface area (Å²) < 4.78 is 37.7. The van der Waals surface area contributed by atoms with E-state index in [9.17, 15) is 18.4 Å². The Morgan fingerprint density at radius 2 is 1.74 bits per heavy atom. The lowest BCUT2D eigenvalue weighted by Crippen LogP contribution is -2.15. The maximum Gasteiger partial charge on any atom is 0.344 e. The van der Waals surface area contributed by atoms with Crippen LogP contribution >= 0.6 is 12.6 Å². The van der Waals surface area contributed by atoms with Crippen molar-refractivity contribution in [1.82, 2.24) is 4.98 Å². The number of thiol groups is 1. The molecular weight excluding hydrogens is 376 g/mol. The molecule has 2 aromatic carbocycles. The fourth-order valence-electron chi connectivity index (χ4n) is 2.44. The Hall–Kier alpha value is -3.00. The highest BCUT2D eigenvalue weighted by Gasteiger charge is 2.25. The average Bonchev–Trinajstić information content (AvgIpc) is 2.64. The third kappa shape index (κ3) is 3.75. The number of ether oxygens (including phenoxy) is 2. The quantitative estimate of drug-likeness (QED) is 0.535. The van der Waals surface area contributed by atoms with E-state index in [2.05, 4.69) is 17.6 Å². The second-order valence-electron chi connectivity index (χ2n) is 5.40. The number of benzene rings is 2. The number of rotatable bonds is 4. The van der Waals surface area contributed by atoms with Crippen molar-refractivity contribution >= 4 is 35.5 Å². The maximum absolute atomic E-state index is 13.8. The van der Waals surface area contributed by atoms with E-state index in [0.717, 1.165) is 12.1 Å². The van der Waals surface area contributed by atoms with Gasteiger partial charge in [0.15, 0.2) is 17.4 Å². The molecule has 1 heterocycles. The molecule has 8 heteroatoms. The highest BCUT2D eigenvalue weighted by Crippen LogP contribution is 2.35. The lowest BCUT2D eigenvalue weighted by molar-refractivity contribution is 0.0516. The Labute approximate surface area is 158 Å². The van der Waals surface area contributed by atoms with E-state index in [4.69, 9.17) is 9.47 Å². The molecule has 0 aliphatic carbocycles. The Kier molecular flexibility index (Phi) is 5.36. The molecule has 0 N–H and O–H groups in total. The summed E-state index contributed by atoms with van der Waals surface area (Å²) in [7, 11) is 0. The van der Waals surface area contributed by atoms with Crippen LogP contribution < -0.4 is 4.74 Å². The van der Waals surface area contributed by atoms with E-state index < -0.39 is 23.6 Å². The van der Waals surface area contributed by atoms with Crippen LogP contribution in [0.5, 0.6) is 5.75 Å². The fourth-order valence-corrected chi connectivity index (χ4v) is 2.74. The lowest BCUT2D eigenvalue weighted by atomic mass is 10.1. The summed E-state index contributed by atoms with van der Waals surface area (Å²) in [5.74, 6) is -4.24. The average molecular weight is 389 g/mol. The second-order valence-corrected chi connectivity index (χ2v) is 5.82. The van der Waals surface area contributed by atoms with E-state index in [0.29, 0.717) is 0 Å². The van der Waals surface area contributed by atoms with E-state index in [1.165, 1.54) is 12.1 Å².